The third-order valence-corrected chi connectivity index (χ3v) is 2.19. The predicted octanol–water partition coefficient (Wildman–Crippen LogP) is 2.68. The molecule has 0 amide bonds. The number of halogens is 3. The Morgan fingerprint density at radius 1 is 1.31 bits per heavy atom. The summed E-state index contributed by atoms with van der Waals surface area (Å²) in [5, 5.41) is 3.79. The fraction of sp³-hybridized carbons (Fsp3) is 0.700. The standard InChI is InChI=1S/C10H16F3N3/c1-6(14)7-5-15-16(9(2,3)4)8(7)10(11,12)13/h5-6H,14H2,1-4H3. The van der Waals surface area contributed by atoms with Crippen molar-refractivity contribution in [2.75, 3.05) is 0 Å². The number of alkyl halides is 3. The van der Waals surface area contributed by atoms with Crippen molar-refractivity contribution in [3.63, 3.8) is 0 Å². The van der Waals surface area contributed by atoms with Crippen molar-refractivity contribution in [2.45, 2.75) is 45.5 Å². The zero-order valence-electron chi connectivity index (χ0n) is 9.76. The average Bonchev–Trinajstić information content (AvgIpc) is 2.43. The fourth-order valence-corrected chi connectivity index (χ4v) is 1.49. The number of nitrogens with zero attached hydrogens (tertiary/aromatic N) is 2. The van der Waals surface area contributed by atoms with Gasteiger partial charge in [-0.25, -0.2) is 0 Å². The first-order valence-corrected chi connectivity index (χ1v) is 4.96. The van der Waals surface area contributed by atoms with E-state index in [0.29, 0.717) is 0 Å². The van der Waals surface area contributed by atoms with Crippen molar-refractivity contribution in [3.05, 3.63) is 17.5 Å². The lowest BCUT2D eigenvalue weighted by Gasteiger charge is -2.24. The minimum absolute atomic E-state index is 0.0300. The average molecular weight is 235 g/mol. The molecule has 0 bridgehead atoms. The van der Waals surface area contributed by atoms with Crippen LogP contribution in [0.4, 0.5) is 13.2 Å². The van der Waals surface area contributed by atoms with Crippen molar-refractivity contribution < 1.29 is 13.2 Å². The molecular formula is C10H16F3N3. The molecule has 16 heavy (non-hydrogen) atoms. The third-order valence-electron chi connectivity index (χ3n) is 2.19. The molecule has 0 aliphatic carbocycles. The number of rotatable bonds is 1. The van der Waals surface area contributed by atoms with Gasteiger partial charge in [-0.3, -0.25) is 4.68 Å². The van der Waals surface area contributed by atoms with E-state index in [2.05, 4.69) is 5.10 Å². The molecule has 0 spiro atoms. The van der Waals surface area contributed by atoms with Crippen LogP contribution in [-0.4, -0.2) is 9.78 Å². The summed E-state index contributed by atoms with van der Waals surface area (Å²) in [5.41, 5.74) is 4.07. The molecular weight excluding hydrogens is 219 g/mol. The Morgan fingerprint density at radius 2 is 1.81 bits per heavy atom. The summed E-state index contributed by atoms with van der Waals surface area (Å²) in [6, 6.07) is -0.687. The summed E-state index contributed by atoms with van der Waals surface area (Å²) in [4.78, 5) is 0. The van der Waals surface area contributed by atoms with Crippen LogP contribution in [0, 0.1) is 0 Å². The molecule has 92 valence electrons. The smallest absolute Gasteiger partial charge is 0.324 e. The Labute approximate surface area is 92.4 Å². The van der Waals surface area contributed by atoms with Crippen LogP contribution in [0.15, 0.2) is 6.20 Å². The van der Waals surface area contributed by atoms with Crippen LogP contribution in [0.3, 0.4) is 0 Å². The zero-order chi connectivity index (χ0) is 12.7. The minimum Gasteiger partial charge on any atom is -0.324 e. The van der Waals surface area contributed by atoms with E-state index in [-0.39, 0.29) is 5.56 Å². The molecule has 0 saturated carbocycles. The highest BCUT2D eigenvalue weighted by Gasteiger charge is 2.41. The van der Waals surface area contributed by atoms with Crippen molar-refractivity contribution in [2.24, 2.45) is 5.73 Å². The van der Waals surface area contributed by atoms with Crippen molar-refractivity contribution in [1.29, 1.82) is 0 Å². The van der Waals surface area contributed by atoms with E-state index in [1.807, 2.05) is 0 Å². The normalized spacial score (nSPS) is 15.2. The molecule has 0 saturated heterocycles. The third kappa shape index (κ3) is 2.37. The molecule has 1 heterocycles. The summed E-state index contributed by atoms with van der Waals surface area (Å²) < 4.78 is 39.7. The maximum atomic E-state index is 12.9. The first-order chi connectivity index (χ1) is 7.05. The van der Waals surface area contributed by atoms with E-state index in [4.69, 9.17) is 5.73 Å². The van der Waals surface area contributed by atoms with Gasteiger partial charge in [-0.15, -0.1) is 0 Å². The molecule has 0 aliphatic rings. The van der Waals surface area contributed by atoms with Gasteiger partial charge < -0.3 is 5.73 Å². The Bertz CT molecular complexity index is 372. The summed E-state index contributed by atoms with van der Waals surface area (Å²) in [6.07, 6.45) is -3.24. The zero-order valence-corrected chi connectivity index (χ0v) is 9.76. The Morgan fingerprint density at radius 3 is 2.12 bits per heavy atom. The van der Waals surface area contributed by atoms with E-state index < -0.39 is 23.5 Å². The number of aromatic nitrogens is 2. The van der Waals surface area contributed by atoms with Crippen molar-refractivity contribution >= 4 is 0 Å². The molecule has 0 aliphatic heterocycles. The van der Waals surface area contributed by atoms with Gasteiger partial charge in [0.05, 0.1) is 11.7 Å². The van der Waals surface area contributed by atoms with Crippen molar-refractivity contribution in [3.8, 4) is 0 Å². The second-order valence-electron chi connectivity index (χ2n) is 4.82. The van der Waals surface area contributed by atoms with Crippen LogP contribution in [-0.2, 0) is 11.7 Å². The summed E-state index contributed by atoms with van der Waals surface area (Å²) in [6.45, 7) is 6.51. The van der Waals surface area contributed by atoms with Crippen LogP contribution in [0.5, 0.6) is 0 Å². The molecule has 2 N–H and O–H groups in total. The second kappa shape index (κ2) is 3.76. The second-order valence-corrected chi connectivity index (χ2v) is 4.82. The Kier molecular flexibility index (Phi) is 3.06. The van der Waals surface area contributed by atoms with Gasteiger partial charge in [-0.05, 0) is 27.7 Å². The number of hydrogen-bond acceptors (Lipinski definition) is 2. The SMILES string of the molecule is CC(N)c1cnn(C(C)(C)C)c1C(F)(F)F. The maximum absolute atomic E-state index is 12.9. The highest BCUT2D eigenvalue weighted by molar-refractivity contribution is 5.24. The van der Waals surface area contributed by atoms with E-state index in [1.165, 1.54) is 13.1 Å². The highest BCUT2D eigenvalue weighted by Crippen LogP contribution is 2.36. The molecule has 1 atom stereocenters. The predicted molar refractivity (Wildman–Crippen MR) is 54.8 cm³/mol. The summed E-state index contributed by atoms with van der Waals surface area (Å²) in [7, 11) is 0. The van der Waals surface area contributed by atoms with Crippen LogP contribution >= 0.6 is 0 Å². The molecule has 0 radical (unpaired) electrons. The van der Waals surface area contributed by atoms with Gasteiger partial charge in [0.1, 0.15) is 5.69 Å². The molecule has 1 rings (SSSR count). The van der Waals surface area contributed by atoms with Gasteiger partial charge in [0, 0.05) is 11.6 Å². The number of hydrogen-bond donors (Lipinski definition) is 1. The molecule has 0 fully saturated rings. The first-order valence-electron chi connectivity index (χ1n) is 4.96. The molecule has 1 aromatic heterocycles. The number of nitrogens with two attached hydrogens (primary N) is 1. The van der Waals surface area contributed by atoms with Gasteiger partial charge >= 0.3 is 6.18 Å². The van der Waals surface area contributed by atoms with Gasteiger partial charge in [-0.2, -0.15) is 18.3 Å². The quantitative estimate of drug-likeness (QED) is 0.813. The Hall–Kier alpha value is -1.04. The van der Waals surface area contributed by atoms with Crippen LogP contribution in [0.2, 0.25) is 0 Å². The highest BCUT2D eigenvalue weighted by atomic mass is 19.4. The molecule has 6 heteroatoms. The minimum atomic E-state index is -4.44. The molecule has 3 nitrogen and oxygen atoms in total. The van der Waals surface area contributed by atoms with Gasteiger partial charge in [0.2, 0.25) is 0 Å². The van der Waals surface area contributed by atoms with Gasteiger partial charge in [0.25, 0.3) is 0 Å². The van der Waals surface area contributed by atoms with Crippen LogP contribution < -0.4 is 5.73 Å². The summed E-state index contributed by atoms with van der Waals surface area (Å²) in [5.74, 6) is 0. The fourth-order valence-electron chi connectivity index (χ4n) is 1.49. The van der Waals surface area contributed by atoms with E-state index in [0.717, 1.165) is 4.68 Å². The molecule has 0 aromatic carbocycles. The van der Waals surface area contributed by atoms with Gasteiger partial charge in [0.15, 0.2) is 0 Å². The molecule has 1 unspecified atom stereocenters. The maximum Gasteiger partial charge on any atom is 0.433 e. The summed E-state index contributed by atoms with van der Waals surface area (Å²) >= 11 is 0. The largest absolute Gasteiger partial charge is 0.433 e. The van der Waals surface area contributed by atoms with Crippen LogP contribution in [0.25, 0.3) is 0 Å². The monoisotopic (exact) mass is 235 g/mol. The first kappa shape index (κ1) is 13.0. The molecule has 1 aromatic rings. The van der Waals surface area contributed by atoms with E-state index >= 15 is 0 Å². The van der Waals surface area contributed by atoms with Crippen LogP contribution in [0.1, 0.15) is 45.0 Å². The van der Waals surface area contributed by atoms with Gasteiger partial charge in [-0.1, -0.05) is 0 Å². The topological polar surface area (TPSA) is 43.8 Å². The van der Waals surface area contributed by atoms with E-state index in [1.54, 1.807) is 20.8 Å². The lowest BCUT2D eigenvalue weighted by Crippen LogP contribution is -2.29. The van der Waals surface area contributed by atoms with Crippen molar-refractivity contribution in [1.82, 2.24) is 9.78 Å². The Balaban J connectivity index is 3.44. The lowest BCUT2D eigenvalue weighted by atomic mass is 10.1. The van der Waals surface area contributed by atoms with E-state index in [9.17, 15) is 13.2 Å². The lowest BCUT2D eigenvalue weighted by molar-refractivity contribution is -0.146.